The molecule has 80 heavy (non-hydrogen) atoms. The van der Waals surface area contributed by atoms with Crippen molar-refractivity contribution in [1.82, 2.24) is 0 Å². The lowest BCUT2D eigenvalue weighted by Crippen LogP contribution is -2.37. The van der Waals surface area contributed by atoms with Crippen molar-refractivity contribution in [2.24, 2.45) is 0 Å². The van der Waals surface area contributed by atoms with Crippen molar-refractivity contribution in [2.75, 3.05) is 47.5 Å². The number of unbranched alkanes of at least 4 members (excludes halogenated alkanes) is 36. The second-order valence-corrected chi connectivity index (χ2v) is 25.3. The molecule has 0 aromatic carbocycles. The van der Waals surface area contributed by atoms with Crippen LogP contribution >= 0.6 is 7.82 Å². The van der Waals surface area contributed by atoms with Gasteiger partial charge in [0.05, 0.1) is 27.7 Å². The van der Waals surface area contributed by atoms with Gasteiger partial charge < -0.3 is 18.9 Å². The second-order valence-electron chi connectivity index (χ2n) is 23.8. The molecule has 2 atom stereocenters. The minimum atomic E-state index is -4.39. The topological polar surface area (TPSA) is 108 Å². The highest BCUT2D eigenvalue weighted by Gasteiger charge is 2.27. The van der Waals surface area contributed by atoms with E-state index in [0.29, 0.717) is 17.4 Å². The van der Waals surface area contributed by atoms with E-state index in [-0.39, 0.29) is 32.0 Å². The summed E-state index contributed by atoms with van der Waals surface area (Å²) < 4.78 is 34.6. The standard InChI is InChI=1S/C70H128NO8P/c1-6-8-10-12-14-16-18-20-22-24-25-26-27-28-29-30-31-32-33-34-35-36-37-38-39-40-41-42-43-44-45-47-49-51-53-55-57-59-61-63-70(73)79-68(67-78-80(74,75)77-65-64-71(3,4)5)66-76-69(72)62-60-58-56-54-52-50-48-46-23-21-19-17-15-13-11-9-7-2/h8,10,14-17,20-23,25-26,68H,6-7,9,11-13,18-19,24,27-67H2,1-5H3/p+1/b10-8-,16-14-,17-15-,22-20-,23-21-,26-25-. The van der Waals surface area contributed by atoms with Gasteiger partial charge in [-0.2, -0.15) is 0 Å². The van der Waals surface area contributed by atoms with Gasteiger partial charge in [-0.15, -0.1) is 0 Å². The maximum atomic E-state index is 12.8. The summed E-state index contributed by atoms with van der Waals surface area (Å²) in [5, 5.41) is 0. The molecule has 0 rings (SSSR count). The number of rotatable bonds is 62. The zero-order valence-electron chi connectivity index (χ0n) is 53.1. The third kappa shape index (κ3) is 64.6. The average Bonchev–Trinajstić information content (AvgIpc) is 3.42. The number of carbonyl (C=O) groups excluding carboxylic acids is 2. The van der Waals surface area contributed by atoms with Crippen molar-refractivity contribution in [3.05, 3.63) is 72.9 Å². The van der Waals surface area contributed by atoms with Crippen molar-refractivity contribution in [1.29, 1.82) is 0 Å². The minimum absolute atomic E-state index is 0.0306. The van der Waals surface area contributed by atoms with E-state index in [1.165, 1.54) is 199 Å². The molecule has 0 bridgehead atoms. The summed E-state index contributed by atoms with van der Waals surface area (Å²) in [5.41, 5.74) is 0. The molecule has 2 unspecified atom stereocenters. The van der Waals surface area contributed by atoms with Gasteiger partial charge in [-0.3, -0.25) is 18.6 Å². The van der Waals surface area contributed by atoms with E-state index >= 15 is 0 Å². The molecule has 0 spiro atoms. The molecule has 0 aromatic heterocycles. The fraction of sp³-hybridized carbons (Fsp3) is 0.800. The molecule has 0 saturated heterocycles. The Morgan fingerprint density at radius 2 is 0.713 bits per heavy atom. The first-order valence-corrected chi connectivity index (χ1v) is 35.2. The van der Waals surface area contributed by atoms with Crippen molar-refractivity contribution in [3.8, 4) is 0 Å². The summed E-state index contributed by atoms with van der Waals surface area (Å²) in [5.74, 6) is -0.794. The van der Waals surface area contributed by atoms with Crippen LogP contribution in [0.25, 0.3) is 0 Å². The molecule has 0 radical (unpaired) electrons. The normalized spacial score (nSPS) is 13.6. The number of esters is 2. The molecular weight excluding hydrogens is 1010 g/mol. The Labute approximate surface area is 495 Å². The SMILES string of the molecule is CC/C=C\C/C=C\C/C=C\C/C=C\CCCCCCCCCCCCCCCCCCCCCCCCCCCCC(=O)OC(COC(=O)CCCCCCCCC/C=C\C/C=C\CCCCC)COP(=O)(O)OCC[N+](C)(C)C. The lowest BCUT2D eigenvalue weighted by molar-refractivity contribution is -0.870. The highest BCUT2D eigenvalue weighted by atomic mass is 31.2. The molecule has 0 aliphatic carbocycles. The van der Waals surface area contributed by atoms with Crippen LogP contribution in [0, 0.1) is 0 Å². The minimum Gasteiger partial charge on any atom is -0.462 e. The van der Waals surface area contributed by atoms with E-state index in [9.17, 15) is 19.0 Å². The third-order valence-electron chi connectivity index (χ3n) is 14.7. The van der Waals surface area contributed by atoms with Gasteiger partial charge in [0, 0.05) is 12.8 Å². The highest BCUT2D eigenvalue weighted by molar-refractivity contribution is 7.47. The number of allylic oxidation sites excluding steroid dienone is 12. The maximum Gasteiger partial charge on any atom is 0.472 e. The molecule has 0 amide bonds. The third-order valence-corrected chi connectivity index (χ3v) is 15.7. The number of nitrogens with zero attached hydrogens (tertiary/aromatic N) is 1. The molecule has 0 aromatic rings. The van der Waals surface area contributed by atoms with Gasteiger partial charge >= 0.3 is 19.8 Å². The van der Waals surface area contributed by atoms with Gasteiger partial charge in [0.25, 0.3) is 0 Å². The number of hydrogen-bond acceptors (Lipinski definition) is 7. The number of carbonyl (C=O) groups is 2. The first-order valence-electron chi connectivity index (χ1n) is 33.7. The Kier molecular flexibility index (Phi) is 59.1. The lowest BCUT2D eigenvalue weighted by atomic mass is 10.0. The second kappa shape index (κ2) is 61.0. The van der Waals surface area contributed by atoms with Crippen LogP contribution in [0.4, 0.5) is 0 Å². The Morgan fingerprint density at radius 1 is 0.400 bits per heavy atom. The Hall–Kier alpha value is -2.55. The van der Waals surface area contributed by atoms with Gasteiger partial charge in [0.2, 0.25) is 0 Å². The first kappa shape index (κ1) is 77.5. The van der Waals surface area contributed by atoms with E-state index in [0.717, 1.165) is 77.0 Å². The molecule has 0 aliphatic heterocycles. The van der Waals surface area contributed by atoms with Gasteiger partial charge in [-0.1, -0.05) is 286 Å². The molecule has 0 fully saturated rings. The van der Waals surface area contributed by atoms with E-state index in [4.69, 9.17) is 18.5 Å². The van der Waals surface area contributed by atoms with Crippen LogP contribution in [0.2, 0.25) is 0 Å². The van der Waals surface area contributed by atoms with E-state index in [1.807, 2.05) is 21.1 Å². The fourth-order valence-electron chi connectivity index (χ4n) is 9.57. The van der Waals surface area contributed by atoms with Crippen molar-refractivity contribution in [3.63, 3.8) is 0 Å². The first-order chi connectivity index (χ1) is 39.0. The largest absolute Gasteiger partial charge is 0.472 e. The van der Waals surface area contributed by atoms with Crippen LogP contribution in [0.5, 0.6) is 0 Å². The monoisotopic (exact) mass is 1140 g/mol. The average molecular weight is 1140 g/mol. The van der Waals surface area contributed by atoms with Crippen molar-refractivity contribution >= 4 is 19.8 Å². The summed E-state index contributed by atoms with van der Waals surface area (Å²) in [6, 6.07) is 0. The highest BCUT2D eigenvalue weighted by Crippen LogP contribution is 2.43. The zero-order valence-corrected chi connectivity index (χ0v) is 54.0. The van der Waals surface area contributed by atoms with Gasteiger partial charge in [0.1, 0.15) is 19.8 Å². The molecular formula is C70H129NO8P+. The summed E-state index contributed by atoms with van der Waals surface area (Å²) in [7, 11) is 1.48. The quantitative estimate of drug-likeness (QED) is 0.0211. The molecule has 466 valence electrons. The number of hydrogen-bond donors (Lipinski definition) is 1. The predicted octanol–water partition coefficient (Wildman–Crippen LogP) is 21.6. The number of phosphoric acid groups is 1. The summed E-state index contributed by atoms with van der Waals surface area (Å²) >= 11 is 0. The number of ether oxygens (including phenoxy) is 2. The Bertz CT molecular complexity index is 1580. The molecule has 10 heteroatoms. The molecule has 0 saturated carbocycles. The predicted molar refractivity (Wildman–Crippen MR) is 344 cm³/mol. The number of quaternary nitrogens is 1. The van der Waals surface area contributed by atoms with Gasteiger partial charge in [0.15, 0.2) is 6.10 Å². The number of phosphoric ester groups is 1. The van der Waals surface area contributed by atoms with Crippen molar-refractivity contribution < 1.29 is 42.1 Å². The number of likely N-dealkylation sites (N-methyl/N-ethyl adjacent to an activating group) is 1. The van der Waals surface area contributed by atoms with E-state index in [2.05, 4.69) is 86.8 Å². The summed E-state index contributed by atoms with van der Waals surface area (Å²) in [6.45, 7) is 4.32. The van der Waals surface area contributed by atoms with Gasteiger partial charge in [-0.25, -0.2) is 4.57 Å². The van der Waals surface area contributed by atoms with E-state index < -0.39 is 26.5 Å². The summed E-state index contributed by atoms with van der Waals surface area (Å²) in [4.78, 5) is 35.8. The molecule has 1 N–H and O–H groups in total. The molecule has 0 aliphatic rings. The molecule has 9 nitrogen and oxygen atoms in total. The van der Waals surface area contributed by atoms with Crippen LogP contribution in [-0.2, 0) is 32.7 Å². The Morgan fingerprint density at radius 3 is 1.06 bits per heavy atom. The van der Waals surface area contributed by atoms with Crippen LogP contribution in [0.3, 0.4) is 0 Å². The van der Waals surface area contributed by atoms with E-state index in [1.54, 1.807) is 0 Å². The van der Waals surface area contributed by atoms with Crippen LogP contribution in [0.1, 0.15) is 309 Å². The van der Waals surface area contributed by atoms with Crippen LogP contribution in [-0.4, -0.2) is 74.9 Å². The van der Waals surface area contributed by atoms with Gasteiger partial charge in [-0.05, 0) is 83.5 Å². The summed E-state index contributed by atoms with van der Waals surface area (Å²) in [6.07, 6.45) is 81.6. The molecule has 0 heterocycles. The zero-order chi connectivity index (χ0) is 58.4. The van der Waals surface area contributed by atoms with Crippen LogP contribution < -0.4 is 0 Å². The van der Waals surface area contributed by atoms with Crippen molar-refractivity contribution in [2.45, 2.75) is 315 Å². The smallest absolute Gasteiger partial charge is 0.462 e. The van der Waals surface area contributed by atoms with Crippen LogP contribution in [0.15, 0.2) is 72.9 Å². The maximum absolute atomic E-state index is 12.8. The fourth-order valence-corrected chi connectivity index (χ4v) is 10.3. The lowest BCUT2D eigenvalue weighted by Gasteiger charge is -2.24. The Balaban J connectivity index is 3.92.